The Hall–Kier alpha value is 0.390. The maximum atomic E-state index is 11.4. The van der Waals surface area contributed by atoms with Crippen LogP contribution in [0.4, 0.5) is 0 Å². The Bertz CT molecular complexity index is 263. The summed E-state index contributed by atoms with van der Waals surface area (Å²) in [7, 11) is -2.84. The van der Waals surface area contributed by atoms with E-state index in [4.69, 9.17) is 0 Å². The molecule has 5 heteroatoms. The highest BCUT2D eigenvalue weighted by Crippen LogP contribution is 2.09. The lowest BCUT2D eigenvalue weighted by Crippen LogP contribution is -2.42. The number of alkyl halides is 1. The average molecular weight is 300 g/mol. The predicted molar refractivity (Wildman–Crippen MR) is 69.4 cm³/mol. The van der Waals surface area contributed by atoms with Crippen molar-refractivity contribution < 1.29 is 8.42 Å². The number of nitrogens with one attached hydrogen (secondary N) is 1. The molecule has 0 radical (unpaired) electrons. The Morgan fingerprint density at radius 2 is 1.87 bits per heavy atom. The predicted octanol–water partition coefficient (Wildman–Crippen LogP) is 1.96. The molecule has 0 aromatic carbocycles. The van der Waals surface area contributed by atoms with E-state index in [1.54, 1.807) is 0 Å². The molecular weight excluding hydrogens is 278 g/mol. The number of hydrogen-bond donors (Lipinski definition) is 1. The third-order valence-electron chi connectivity index (χ3n) is 2.25. The third kappa shape index (κ3) is 8.22. The lowest BCUT2D eigenvalue weighted by atomic mass is 10.0. The van der Waals surface area contributed by atoms with Crippen molar-refractivity contribution in [3.05, 3.63) is 0 Å². The van der Waals surface area contributed by atoms with Crippen LogP contribution in [0.3, 0.4) is 0 Å². The topological polar surface area (TPSA) is 46.2 Å². The second-order valence-electron chi connectivity index (χ2n) is 4.40. The standard InChI is InChI=1S/C10H22BrNO2S/c1-4-8-15(13,14)9-7-12-10(2,3)5-6-11/h12H,4-9H2,1-3H3. The van der Waals surface area contributed by atoms with E-state index in [-0.39, 0.29) is 11.3 Å². The number of halogens is 1. The first-order valence-corrected chi connectivity index (χ1v) is 8.28. The minimum absolute atomic E-state index is 0.00519. The van der Waals surface area contributed by atoms with Gasteiger partial charge in [-0.1, -0.05) is 22.9 Å². The summed E-state index contributed by atoms with van der Waals surface area (Å²) in [6.45, 7) is 6.60. The quantitative estimate of drug-likeness (QED) is 0.697. The van der Waals surface area contributed by atoms with Gasteiger partial charge in [0.05, 0.1) is 5.75 Å². The van der Waals surface area contributed by atoms with E-state index in [9.17, 15) is 8.42 Å². The lowest BCUT2D eigenvalue weighted by Gasteiger charge is -2.25. The molecule has 0 saturated carbocycles. The maximum absolute atomic E-state index is 11.4. The van der Waals surface area contributed by atoms with E-state index in [0.29, 0.717) is 18.7 Å². The van der Waals surface area contributed by atoms with Gasteiger partial charge in [0.2, 0.25) is 0 Å². The molecule has 0 fully saturated rings. The van der Waals surface area contributed by atoms with Crippen molar-refractivity contribution in [2.24, 2.45) is 0 Å². The summed E-state index contributed by atoms with van der Waals surface area (Å²) in [5.41, 5.74) is 0.00519. The van der Waals surface area contributed by atoms with Crippen LogP contribution in [0, 0.1) is 0 Å². The fourth-order valence-electron chi connectivity index (χ4n) is 1.28. The molecule has 3 nitrogen and oxygen atoms in total. The smallest absolute Gasteiger partial charge is 0.151 e. The van der Waals surface area contributed by atoms with Crippen LogP contribution in [0.5, 0.6) is 0 Å². The van der Waals surface area contributed by atoms with Crippen molar-refractivity contribution in [3.8, 4) is 0 Å². The molecule has 15 heavy (non-hydrogen) atoms. The van der Waals surface area contributed by atoms with Gasteiger partial charge in [0, 0.05) is 23.2 Å². The highest BCUT2D eigenvalue weighted by Gasteiger charge is 2.17. The first-order chi connectivity index (χ1) is 6.83. The first kappa shape index (κ1) is 15.4. The number of rotatable bonds is 8. The number of sulfone groups is 1. The van der Waals surface area contributed by atoms with Gasteiger partial charge in [0.25, 0.3) is 0 Å². The number of hydrogen-bond acceptors (Lipinski definition) is 3. The molecular formula is C10H22BrNO2S. The van der Waals surface area contributed by atoms with E-state index >= 15 is 0 Å². The molecule has 0 heterocycles. The van der Waals surface area contributed by atoms with Crippen LogP contribution in [-0.2, 0) is 9.84 Å². The van der Waals surface area contributed by atoms with Crippen LogP contribution in [0.2, 0.25) is 0 Å². The Morgan fingerprint density at radius 1 is 1.27 bits per heavy atom. The zero-order chi connectivity index (χ0) is 11.9. The Morgan fingerprint density at radius 3 is 2.33 bits per heavy atom. The van der Waals surface area contributed by atoms with Crippen molar-refractivity contribution in [1.82, 2.24) is 5.32 Å². The van der Waals surface area contributed by atoms with Crippen LogP contribution in [0.1, 0.15) is 33.6 Å². The average Bonchev–Trinajstić information content (AvgIpc) is 2.02. The molecule has 0 bridgehead atoms. The Kier molecular flexibility index (Phi) is 7.04. The van der Waals surface area contributed by atoms with E-state index in [1.165, 1.54) is 0 Å². The van der Waals surface area contributed by atoms with Crippen LogP contribution >= 0.6 is 15.9 Å². The fourth-order valence-corrected chi connectivity index (χ4v) is 3.51. The van der Waals surface area contributed by atoms with E-state index in [2.05, 4.69) is 35.1 Å². The van der Waals surface area contributed by atoms with Crippen molar-refractivity contribution in [2.75, 3.05) is 23.4 Å². The molecule has 0 atom stereocenters. The minimum atomic E-state index is -2.84. The first-order valence-electron chi connectivity index (χ1n) is 5.34. The highest BCUT2D eigenvalue weighted by atomic mass is 79.9. The molecule has 0 unspecified atom stereocenters. The molecule has 0 aliphatic heterocycles. The Balaban J connectivity index is 3.88. The summed E-state index contributed by atoms with van der Waals surface area (Å²) in [6, 6.07) is 0. The molecule has 0 aliphatic carbocycles. The van der Waals surface area contributed by atoms with Gasteiger partial charge in [-0.05, 0) is 26.7 Å². The van der Waals surface area contributed by atoms with Gasteiger partial charge in [-0.2, -0.15) is 0 Å². The molecule has 0 aliphatic rings. The largest absolute Gasteiger partial charge is 0.311 e. The molecule has 0 amide bonds. The Labute approximate surface area is 102 Å². The van der Waals surface area contributed by atoms with Gasteiger partial charge >= 0.3 is 0 Å². The van der Waals surface area contributed by atoms with Gasteiger partial charge < -0.3 is 5.32 Å². The SMILES string of the molecule is CCCS(=O)(=O)CCNC(C)(C)CCBr. The maximum Gasteiger partial charge on any atom is 0.151 e. The van der Waals surface area contributed by atoms with Gasteiger partial charge in [-0.15, -0.1) is 0 Å². The molecule has 0 saturated heterocycles. The zero-order valence-electron chi connectivity index (χ0n) is 9.85. The molecule has 0 rings (SSSR count). The summed E-state index contributed by atoms with van der Waals surface area (Å²) in [5, 5.41) is 4.19. The molecule has 1 N–H and O–H groups in total. The summed E-state index contributed by atoms with van der Waals surface area (Å²) in [6.07, 6.45) is 1.69. The van der Waals surface area contributed by atoms with Gasteiger partial charge in [0.1, 0.15) is 0 Å². The molecule has 92 valence electrons. The summed E-state index contributed by atoms with van der Waals surface area (Å²) in [5.74, 6) is 0.542. The fraction of sp³-hybridized carbons (Fsp3) is 1.00. The summed E-state index contributed by atoms with van der Waals surface area (Å²) in [4.78, 5) is 0. The molecule has 0 spiro atoms. The van der Waals surface area contributed by atoms with Crippen molar-refractivity contribution in [3.63, 3.8) is 0 Å². The van der Waals surface area contributed by atoms with Crippen molar-refractivity contribution in [2.45, 2.75) is 39.2 Å². The summed E-state index contributed by atoms with van der Waals surface area (Å²) < 4.78 is 22.9. The molecule has 0 aromatic rings. The third-order valence-corrected chi connectivity index (χ3v) is 4.50. The second kappa shape index (κ2) is 6.86. The van der Waals surface area contributed by atoms with E-state index in [0.717, 1.165) is 11.8 Å². The van der Waals surface area contributed by atoms with Gasteiger partial charge in [-0.3, -0.25) is 0 Å². The van der Waals surface area contributed by atoms with E-state index in [1.807, 2.05) is 6.92 Å². The zero-order valence-corrected chi connectivity index (χ0v) is 12.2. The van der Waals surface area contributed by atoms with Crippen LogP contribution in [-0.4, -0.2) is 37.3 Å². The highest BCUT2D eigenvalue weighted by molar-refractivity contribution is 9.09. The normalized spacial score (nSPS) is 13.1. The minimum Gasteiger partial charge on any atom is -0.311 e. The van der Waals surface area contributed by atoms with Crippen molar-refractivity contribution in [1.29, 1.82) is 0 Å². The van der Waals surface area contributed by atoms with Crippen LogP contribution in [0.25, 0.3) is 0 Å². The van der Waals surface area contributed by atoms with Gasteiger partial charge in [0.15, 0.2) is 9.84 Å². The van der Waals surface area contributed by atoms with Crippen molar-refractivity contribution >= 4 is 25.8 Å². The second-order valence-corrected chi connectivity index (χ2v) is 7.50. The van der Waals surface area contributed by atoms with E-state index < -0.39 is 9.84 Å². The molecule has 0 aromatic heterocycles. The summed E-state index contributed by atoms with van der Waals surface area (Å²) >= 11 is 3.38. The monoisotopic (exact) mass is 299 g/mol. The van der Waals surface area contributed by atoms with Crippen LogP contribution < -0.4 is 5.32 Å². The van der Waals surface area contributed by atoms with Gasteiger partial charge in [-0.25, -0.2) is 8.42 Å². The van der Waals surface area contributed by atoms with Crippen LogP contribution in [0.15, 0.2) is 0 Å². The lowest BCUT2D eigenvalue weighted by molar-refractivity contribution is 0.390.